The van der Waals surface area contributed by atoms with Gasteiger partial charge in [0.1, 0.15) is 11.8 Å². The van der Waals surface area contributed by atoms with Crippen molar-refractivity contribution >= 4 is 23.8 Å². The van der Waals surface area contributed by atoms with Crippen LogP contribution in [0.4, 0.5) is 0 Å². The molecule has 1 heterocycles. The summed E-state index contributed by atoms with van der Waals surface area (Å²) in [6.07, 6.45) is 6.52. The molecule has 0 aliphatic carbocycles. The van der Waals surface area contributed by atoms with E-state index in [1.807, 2.05) is 0 Å². The number of furan rings is 1. The minimum absolute atomic E-state index is 0.119. The Morgan fingerprint density at radius 2 is 1.66 bits per heavy atom. The maximum absolute atomic E-state index is 12.5. The predicted octanol–water partition coefficient (Wildman–Crippen LogP) is 2.88. The Hall–Kier alpha value is -2.57. The molecule has 162 valence electrons. The predicted molar refractivity (Wildman–Crippen MR) is 114 cm³/mol. The Morgan fingerprint density at radius 1 is 1.00 bits per heavy atom. The number of carbonyl (C=O) groups is 3. The highest BCUT2D eigenvalue weighted by atomic mass is 16.3. The van der Waals surface area contributed by atoms with Gasteiger partial charge in [-0.15, -0.1) is 0 Å². The fraction of sp³-hybridized carbons (Fsp3) is 0.591. The zero-order chi connectivity index (χ0) is 21.6. The third kappa shape index (κ3) is 11.8. The van der Waals surface area contributed by atoms with E-state index in [1.165, 1.54) is 18.4 Å². The van der Waals surface area contributed by atoms with Gasteiger partial charge in [0.15, 0.2) is 0 Å². The third-order valence-electron chi connectivity index (χ3n) is 4.30. The summed E-state index contributed by atoms with van der Waals surface area (Å²) < 4.78 is 5.15. The molecule has 0 bridgehead atoms. The molecule has 0 radical (unpaired) electrons. The normalized spacial score (nSPS) is 12.3. The number of carbonyl (C=O) groups excluding carboxylic acids is 3. The first-order valence-electron chi connectivity index (χ1n) is 10.3. The van der Waals surface area contributed by atoms with Crippen LogP contribution in [0.15, 0.2) is 28.9 Å². The minimum Gasteiger partial charge on any atom is -0.465 e. The average molecular weight is 406 g/mol. The molecule has 0 spiro atoms. The summed E-state index contributed by atoms with van der Waals surface area (Å²) >= 11 is 0. The van der Waals surface area contributed by atoms with E-state index in [0.717, 1.165) is 12.8 Å². The van der Waals surface area contributed by atoms with Crippen LogP contribution in [0.25, 0.3) is 6.08 Å². The van der Waals surface area contributed by atoms with Crippen molar-refractivity contribution in [2.24, 2.45) is 11.8 Å². The summed E-state index contributed by atoms with van der Waals surface area (Å²) in [4.78, 5) is 36.8. The molecule has 0 fully saturated rings. The molecular formula is C22H35N3O4. The van der Waals surface area contributed by atoms with Gasteiger partial charge in [-0.1, -0.05) is 27.7 Å². The molecule has 29 heavy (non-hydrogen) atoms. The largest absolute Gasteiger partial charge is 0.465 e. The third-order valence-corrected chi connectivity index (χ3v) is 4.30. The highest BCUT2D eigenvalue weighted by Crippen LogP contribution is 2.04. The Labute approximate surface area is 173 Å². The quantitative estimate of drug-likeness (QED) is 0.439. The van der Waals surface area contributed by atoms with E-state index in [0.29, 0.717) is 30.7 Å². The Morgan fingerprint density at radius 3 is 2.24 bits per heavy atom. The highest BCUT2D eigenvalue weighted by molar-refractivity contribution is 5.95. The van der Waals surface area contributed by atoms with Gasteiger partial charge in [0.05, 0.1) is 6.26 Å². The smallest absolute Gasteiger partial charge is 0.244 e. The first-order chi connectivity index (χ1) is 13.8. The van der Waals surface area contributed by atoms with Crippen molar-refractivity contribution in [2.75, 3.05) is 13.1 Å². The molecule has 1 rings (SSSR count). The van der Waals surface area contributed by atoms with Gasteiger partial charge in [0.2, 0.25) is 17.7 Å². The molecule has 1 aromatic heterocycles. The van der Waals surface area contributed by atoms with Crippen molar-refractivity contribution in [3.63, 3.8) is 0 Å². The van der Waals surface area contributed by atoms with E-state index in [2.05, 4.69) is 43.6 Å². The topological polar surface area (TPSA) is 100 Å². The van der Waals surface area contributed by atoms with Crippen LogP contribution < -0.4 is 16.0 Å². The molecule has 1 atom stereocenters. The van der Waals surface area contributed by atoms with Gasteiger partial charge in [0, 0.05) is 25.6 Å². The van der Waals surface area contributed by atoms with Crippen molar-refractivity contribution in [2.45, 2.75) is 59.4 Å². The van der Waals surface area contributed by atoms with E-state index in [4.69, 9.17) is 4.42 Å². The fourth-order valence-electron chi connectivity index (χ4n) is 2.50. The van der Waals surface area contributed by atoms with E-state index < -0.39 is 11.9 Å². The molecule has 7 nitrogen and oxygen atoms in total. The van der Waals surface area contributed by atoms with E-state index in [1.54, 1.807) is 12.1 Å². The molecular weight excluding hydrogens is 370 g/mol. The molecule has 0 aromatic carbocycles. The van der Waals surface area contributed by atoms with Crippen LogP contribution in [-0.4, -0.2) is 36.9 Å². The summed E-state index contributed by atoms with van der Waals surface area (Å²) in [5.74, 6) is 0.709. The number of amides is 3. The monoisotopic (exact) mass is 405 g/mol. The first-order valence-corrected chi connectivity index (χ1v) is 10.3. The zero-order valence-corrected chi connectivity index (χ0v) is 18.0. The molecule has 0 aliphatic rings. The van der Waals surface area contributed by atoms with Gasteiger partial charge in [-0.25, -0.2) is 0 Å². The van der Waals surface area contributed by atoms with Crippen LogP contribution in [-0.2, 0) is 14.4 Å². The minimum atomic E-state index is -0.772. The van der Waals surface area contributed by atoms with E-state index in [-0.39, 0.29) is 24.7 Å². The molecule has 0 aliphatic heterocycles. The summed E-state index contributed by atoms with van der Waals surface area (Å²) in [6, 6.07) is 2.67. The Balaban J connectivity index is 2.58. The second-order valence-corrected chi connectivity index (χ2v) is 7.95. The molecule has 3 amide bonds. The van der Waals surface area contributed by atoms with Gasteiger partial charge in [-0.2, -0.15) is 0 Å². The number of rotatable bonds is 13. The van der Waals surface area contributed by atoms with Crippen LogP contribution >= 0.6 is 0 Å². The number of hydrogen-bond donors (Lipinski definition) is 3. The lowest BCUT2D eigenvalue weighted by molar-refractivity contribution is -0.128. The highest BCUT2D eigenvalue weighted by Gasteiger charge is 2.21. The molecule has 3 N–H and O–H groups in total. The number of hydrogen-bond acceptors (Lipinski definition) is 4. The van der Waals surface area contributed by atoms with Crippen molar-refractivity contribution < 1.29 is 18.8 Å². The SMILES string of the molecule is CC(C)CCNC(=O)CCC(NC(=O)/C=C/c1ccco1)C(=O)NCCC(C)C. The molecule has 1 unspecified atom stereocenters. The Bertz CT molecular complexity index is 651. The van der Waals surface area contributed by atoms with Gasteiger partial charge in [-0.3, -0.25) is 14.4 Å². The van der Waals surface area contributed by atoms with Crippen molar-refractivity contribution in [3.05, 3.63) is 30.2 Å². The lowest BCUT2D eigenvalue weighted by Gasteiger charge is -2.18. The van der Waals surface area contributed by atoms with E-state index in [9.17, 15) is 14.4 Å². The van der Waals surface area contributed by atoms with Gasteiger partial charge >= 0.3 is 0 Å². The fourth-order valence-corrected chi connectivity index (χ4v) is 2.50. The first kappa shape index (κ1) is 24.5. The van der Waals surface area contributed by atoms with Crippen LogP contribution in [0.3, 0.4) is 0 Å². The average Bonchev–Trinajstić information content (AvgIpc) is 3.16. The van der Waals surface area contributed by atoms with Crippen LogP contribution in [0.1, 0.15) is 59.1 Å². The molecule has 0 saturated heterocycles. The van der Waals surface area contributed by atoms with E-state index >= 15 is 0 Å². The molecule has 0 saturated carbocycles. The summed E-state index contributed by atoms with van der Waals surface area (Å²) in [5, 5.41) is 8.38. The lowest BCUT2D eigenvalue weighted by atomic mass is 10.1. The van der Waals surface area contributed by atoms with Crippen molar-refractivity contribution in [1.82, 2.24) is 16.0 Å². The summed E-state index contributed by atoms with van der Waals surface area (Å²) in [6.45, 7) is 9.48. The second kappa shape index (κ2) is 13.6. The molecule has 7 heteroatoms. The van der Waals surface area contributed by atoms with Crippen molar-refractivity contribution in [3.8, 4) is 0 Å². The van der Waals surface area contributed by atoms with Gasteiger partial charge in [-0.05, 0) is 49.3 Å². The maximum Gasteiger partial charge on any atom is 0.244 e. The van der Waals surface area contributed by atoms with Crippen LogP contribution in [0, 0.1) is 11.8 Å². The number of nitrogens with one attached hydrogen (secondary N) is 3. The van der Waals surface area contributed by atoms with Gasteiger partial charge < -0.3 is 20.4 Å². The molecule has 1 aromatic rings. The summed E-state index contributed by atoms with van der Waals surface area (Å²) in [5.41, 5.74) is 0. The maximum atomic E-state index is 12.5. The zero-order valence-electron chi connectivity index (χ0n) is 18.0. The van der Waals surface area contributed by atoms with Crippen LogP contribution in [0.2, 0.25) is 0 Å². The summed E-state index contributed by atoms with van der Waals surface area (Å²) in [7, 11) is 0. The van der Waals surface area contributed by atoms with Gasteiger partial charge in [0.25, 0.3) is 0 Å². The van der Waals surface area contributed by atoms with Crippen LogP contribution in [0.5, 0.6) is 0 Å². The Kier molecular flexibility index (Phi) is 11.5. The standard InChI is InChI=1S/C22H35N3O4/c1-16(2)11-13-23-20(26)10-8-19(22(28)24-14-12-17(3)4)25-21(27)9-7-18-6-5-15-29-18/h5-7,9,15-17,19H,8,10-14H2,1-4H3,(H,23,26)(H,24,28)(H,25,27)/b9-7+. The lowest BCUT2D eigenvalue weighted by Crippen LogP contribution is -2.47. The van der Waals surface area contributed by atoms with Crippen molar-refractivity contribution in [1.29, 1.82) is 0 Å². The second-order valence-electron chi connectivity index (χ2n) is 7.95.